The number of nitrogens with two attached hydrogens (primary N) is 1. The first-order chi connectivity index (χ1) is 15.0. The lowest BCUT2D eigenvalue weighted by Gasteiger charge is -2.32. The summed E-state index contributed by atoms with van der Waals surface area (Å²) < 4.78 is 1.95. The largest absolute Gasteiger partial charge is 0.369 e. The van der Waals surface area contributed by atoms with Crippen LogP contribution in [0, 0.1) is 5.92 Å². The van der Waals surface area contributed by atoms with Crippen LogP contribution in [-0.4, -0.2) is 38.1 Å². The first-order valence-electron chi connectivity index (χ1n) is 10.9. The van der Waals surface area contributed by atoms with Crippen LogP contribution in [0.5, 0.6) is 0 Å². The van der Waals surface area contributed by atoms with Crippen molar-refractivity contribution < 1.29 is 9.59 Å². The number of hydrogen-bond donors (Lipinski definition) is 3. The average Bonchev–Trinajstić information content (AvgIpc) is 3.20. The average molecular weight is 424 g/mol. The molecule has 2 aliphatic carbocycles. The molecule has 2 saturated carbocycles. The molecule has 0 spiro atoms. The molecular formula is C22H29N7O2. The minimum atomic E-state index is -0.248. The SMILES string of the molecule is C=CC(=O)Nc1ccc(C(NC2CCC(C(N)=O)CC2)c2nnnn2C2CCC2)cc1. The Bertz CT molecular complexity index is 928. The maximum atomic E-state index is 11.6. The third kappa shape index (κ3) is 4.82. The highest BCUT2D eigenvalue weighted by Gasteiger charge is 2.32. The number of nitrogens with zero attached hydrogens (tertiary/aromatic N) is 4. The Balaban J connectivity index is 1.56. The third-order valence-corrected chi connectivity index (χ3v) is 6.43. The van der Waals surface area contributed by atoms with Gasteiger partial charge in [0, 0.05) is 17.6 Å². The maximum Gasteiger partial charge on any atom is 0.247 e. The van der Waals surface area contributed by atoms with Crippen molar-refractivity contribution in [1.29, 1.82) is 0 Å². The Morgan fingerprint density at radius 1 is 1.13 bits per heavy atom. The summed E-state index contributed by atoms with van der Waals surface area (Å²) in [6.07, 6.45) is 7.94. The zero-order valence-electron chi connectivity index (χ0n) is 17.5. The number of benzene rings is 1. The molecule has 0 bridgehead atoms. The van der Waals surface area contributed by atoms with E-state index in [4.69, 9.17) is 5.73 Å². The van der Waals surface area contributed by atoms with E-state index >= 15 is 0 Å². The van der Waals surface area contributed by atoms with Crippen LogP contribution in [0.1, 0.15) is 68.4 Å². The predicted molar refractivity (Wildman–Crippen MR) is 116 cm³/mol. The van der Waals surface area contributed by atoms with E-state index in [1.165, 1.54) is 12.5 Å². The second-order valence-electron chi connectivity index (χ2n) is 8.43. The highest BCUT2D eigenvalue weighted by molar-refractivity contribution is 5.98. The van der Waals surface area contributed by atoms with Crippen LogP contribution in [-0.2, 0) is 9.59 Å². The fourth-order valence-corrected chi connectivity index (χ4v) is 4.33. The quantitative estimate of drug-likeness (QED) is 0.559. The Labute approximate surface area is 181 Å². The number of nitrogens with one attached hydrogen (secondary N) is 2. The van der Waals surface area contributed by atoms with Gasteiger partial charge in [0.15, 0.2) is 5.82 Å². The van der Waals surface area contributed by atoms with E-state index in [0.717, 1.165) is 49.9 Å². The van der Waals surface area contributed by atoms with Crippen molar-refractivity contribution in [2.45, 2.75) is 63.1 Å². The first kappa shape index (κ1) is 21.2. The summed E-state index contributed by atoms with van der Waals surface area (Å²) >= 11 is 0. The standard InChI is InChI=1S/C22H29N7O2/c1-2-19(30)24-16-10-6-14(7-11-16)20(22-26-27-28-29(22)18-4-3-5-18)25-17-12-8-15(9-13-17)21(23)31/h2,6-7,10-11,15,17-18,20,25H,1,3-5,8-9,12-13H2,(H2,23,31)(H,24,30). The number of hydrogen-bond acceptors (Lipinski definition) is 6. The number of anilines is 1. The van der Waals surface area contributed by atoms with E-state index in [2.05, 4.69) is 32.7 Å². The zero-order valence-corrected chi connectivity index (χ0v) is 17.5. The van der Waals surface area contributed by atoms with Gasteiger partial charge < -0.3 is 16.4 Å². The summed E-state index contributed by atoms with van der Waals surface area (Å²) in [6, 6.07) is 8.09. The minimum absolute atomic E-state index is 0.0375. The molecule has 2 aliphatic rings. The lowest BCUT2D eigenvalue weighted by molar-refractivity contribution is -0.122. The molecule has 31 heavy (non-hydrogen) atoms. The molecule has 4 rings (SSSR count). The Kier molecular flexibility index (Phi) is 6.41. The number of amides is 2. The van der Waals surface area contributed by atoms with Gasteiger partial charge in [-0.3, -0.25) is 9.59 Å². The number of rotatable bonds is 8. The van der Waals surface area contributed by atoms with Gasteiger partial charge >= 0.3 is 0 Å². The zero-order chi connectivity index (χ0) is 21.8. The molecule has 1 heterocycles. The van der Waals surface area contributed by atoms with E-state index < -0.39 is 0 Å². The molecule has 1 aromatic carbocycles. The van der Waals surface area contributed by atoms with Crippen molar-refractivity contribution in [3.63, 3.8) is 0 Å². The van der Waals surface area contributed by atoms with Gasteiger partial charge in [0.25, 0.3) is 0 Å². The second-order valence-corrected chi connectivity index (χ2v) is 8.43. The van der Waals surface area contributed by atoms with Crippen molar-refractivity contribution in [2.24, 2.45) is 11.7 Å². The topological polar surface area (TPSA) is 128 Å². The number of primary amides is 1. The normalized spacial score (nSPS) is 22.3. The molecule has 4 N–H and O–H groups in total. The van der Waals surface area contributed by atoms with Crippen LogP contribution in [0.2, 0.25) is 0 Å². The van der Waals surface area contributed by atoms with E-state index in [1.807, 2.05) is 28.9 Å². The fraction of sp³-hybridized carbons (Fsp3) is 0.500. The highest BCUT2D eigenvalue weighted by atomic mass is 16.1. The lowest BCUT2D eigenvalue weighted by atomic mass is 9.85. The minimum Gasteiger partial charge on any atom is -0.369 e. The summed E-state index contributed by atoms with van der Waals surface area (Å²) in [5.74, 6) is 0.304. The van der Waals surface area contributed by atoms with Crippen molar-refractivity contribution in [2.75, 3.05) is 5.32 Å². The Hall–Kier alpha value is -3.07. The molecule has 1 unspecified atom stereocenters. The molecule has 0 aliphatic heterocycles. The van der Waals surface area contributed by atoms with E-state index in [-0.39, 0.29) is 29.8 Å². The smallest absolute Gasteiger partial charge is 0.247 e. The summed E-state index contributed by atoms with van der Waals surface area (Å²) in [5.41, 5.74) is 7.21. The van der Waals surface area contributed by atoms with E-state index in [1.54, 1.807) is 0 Å². The molecule has 9 nitrogen and oxygen atoms in total. The second kappa shape index (κ2) is 9.38. The Morgan fingerprint density at radius 3 is 2.42 bits per heavy atom. The molecule has 0 radical (unpaired) electrons. The molecule has 9 heteroatoms. The Morgan fingerprint density at radius 2 is 1.84 bits per heavy atom. The van der Waals surface area contributed by atoms with Gasteiger partial charge in [0.1, 0.15) is 0 Å². The van der Waals surface area contributed by atoms with Crippen LogP contribution in [0.3, 0.4) is 0 Å². The molecule has 2 aromatic rings. The van der Waals surface area contributed by atoms with Crippen LogP contribution >= 0.6 is 0 Å². The molecule has 2 amide bonds. The van der Waals surface area contributed by atoms with Gasteiger partial charge in [0.2, 0.25) is 11.8 Å². The van der Waals surface area contributed by atoms with Crippen LogP contribution in [0.4, 0.5) is 5.69 Å². The molecular weight excluding hydrogens is 394 g/mol. The predicted octanol–water partition coefficient (Wildman–Crippen LogP) is 2.25. The number of carbonyl (C=O) groups excluding carboxylic acids is 2. The molecule has 1 aromatic heterocycles. The maximum absolute atomic E-state index is 11.6. The number of tetrazole rings is 1. The molecule has 0 saturated heterocycles. The summed E-state index contributed by atoms with van der Waals surface area (Å²) in [6.45, 7) is 3.48. The summed E-state index contributed by atoms with van der Waals surface area (Å²) in [7, 11) is 0. The van der Waals surface area contributed by atoms with E-state index in [0.29, 0.717) is 11.7 Å². The third-order valence-electron chi connectivity index (χ3n) is 6.43. The molecule has 2 fully saturated rings. The van der Waals surface area contributed by atoms with Crippen LogP contribution in [0.25, 0.3) is 0 Å². The van der Waals surface area contributed by atoms with Crippen LogP contribution < -0.4 is 16.4 Å². The van der Waals surface area contributed by atoms with Gasteiger partial charge in [-0.2, -0.15) is 0 Å². The fourth-order valence-electron chi connectivity index (χ4n) is 4.33. The van der Waals surface area contributed by atoms with Gasteiger partial charge in [-0.05, 0) is 79.1 Å². The lowest BCUT2D eigenvalue weighted by Crippen LogP contribution is -2.40. The van der Waals surface area contributed by atoms with Crippen molar-refractivity contribution >= 4 is 17.5 Å². The number of carbonyl (C=O) groups is 2. The number of aromatic nitrogens is 4. The summed E-state index contributed by atoms with van der Waals surface area (Å²) in [4.78, 5) is 23.1. The van der Waals surface area contributed by atoms with Gasteiger partial charge in [0.05, 0.1) is 12.1 Å². The van der Waals surface area contributed by atoms with Gasteiger partial charge in [-0.15, -0.1) is 5.10 Å². The van der Waals surface area contributed by atoms with Crippen molar-refractivity contribution in [3.05, 3.63) is 48.3 Å². The van der Waals surface area contributed by atoms with Crippen LogP contribution in [0.15, 0.2) is 36.9 Å². The molecule has 1 atom stereocenters. The summed E-state index contributed by atoms with van der Waals surface area (Å²) in [5, 5.41) is 19.1. The highest BCUT2D eigenvalue weighted by Crippen LogP contribution is 2.34. The van der Waals surface area contributed by atoms with Gasteiger partial charge in [-0.1, -0.05) is 18.7 Å². The van der Waals surface area contributed by atoms with Crippen molar-refractivity contribution in [3.8, 4) is 0 Å². The first-order valence-corrected chi connectivity index (χ1v) is 10.9. The van der Waals surface area contributed by atoms with E-state index in [9.17, 15) is 9.59 Å². The van der Waals surface area contributed by atoms with Crippen molar-refractivity contribution in [1.82, 2.24) is 25.5 Å². The molecule has 164 valence electrons. The monoisotopic (exact) mass is 423 g/mol. The van der Waals surface area contributed by atoms with Gasteiger partial charge in [-0.25, -0.2) is 4.68 Å².